The molecular formula is C29H22O2. The van der Waals surface area contributed by atoms with Crippen LogP contribution in [0.2, 0.25) is 0 Å². The van der Waals surface area contributed by atoms with E-state index < -0.39 is 5.92 Å². The van der Waals surface area contributed by atoms with E-state index in [0.29, 0.717) is 11.1 Å². The summed E-state index contributed by atoms with van der Waals surface area (Å²) in [4.78, 5) is 27.0. The predicted octanol–water partition coefficient (Wildman–Crippen LogP) is 6.35. The van der Waals surface area contributed by atoms with Crippen molar-refractivity contribution in [3.8, 4) is 0 Å². The minimum absolute atomic E-state index is 0.0203. The SMILES string of the molecule is O=C1c2ccccc2C(=O)C1[C@H]1c2ccccc2CC[C@H]1c1ccc2ccccc2c1. The Balaban J connectivity index is 1.52. The normalized spacial score (nSPS) is 20.6. The molecule has 0 fully saturated rings. The molecule has 0 radical (unpaired) electrons. The lowest BCUT2D eigenvalue weighted by Gasteiger charge is -2.36. The van der Waals surface area contributed by atoms with Gasteiger partial charge >= 0.3 is 0 Å². The van der Waals surface area contributed by atoms with Gasteiger partial charge in [-0.2, -0.15) is 0 Å². The second-order valence-electron chi connectivity index (χ2n) is 8.73. The number of ketones is 2. The summed E-state index contributed by atoms with van der Waals surface area (Å²) >= 11 is 0. The fourth-order valence-corrected chi connectivity index (χ4v) is 5.71. The second kappa shape index (κ2) is 7.02. The summed E-state index contributed by atoms with van der Waals surface area (Å²) in [6.07, 6.45) is 1.90. The topological polar surface area (TPSA) is 34.1 Å². The Kier molecular flexibility index (Phi) is 4.14. The molecular weight excluding hydrogens is 380 g/mol. The summed E-state index contributed by atoms with van der Waals surface area (Å²) in [6.45, 7) is 0. The van der Waals surface area contributed by atoms with E-state index in [1.165, 1.54) is 21.9 Å². The summed E-state index contributed by atoms with van der Waals surface area (Å²) in [6, 6.07) is 30.6. The molecule has 0 saturated carbocycles. The average molecular weight is 402 g/mol. The van der Waals surface area contributed by atoms with Crippen LogP contribution in [0.1, 0.15) is 55.7 Å². The van der Waals surface area contributed by atoms with Crippen LogP contribution in [0.5, 0.6) is 0 Å². The van der Waals surface area contributed by atoms with Gasteiger partial charge in [-0.1, -0.05) is 91.0 Å². The number of carbonyl (C=O) groups excluding carboxylic acids is 2. The first-order valence-electron chi connectivity index (χ1n) is 11.0. The third kappa shape index (κ3) is 2.79. The zero-order valence-electron chi connectivity index (χ0n) is 17.1. The number of hydrogen-bond donors (Lipinski definition) is 0. The summed E-state index contributed by atoms with van der Waals surface area (Å²) in [5.41, 5.74) is 4.80. The van der Waals surface area contributed by atoms with Crippen LogP contribution in [-0.4, -0.2) is 11.6 Å². The highest BCUT2D eigenvalue weighted by atomic mass is 16.2. The first-order valence-corrected chi connectivity index (χ1v) is 11.0. The molecule has 31 heavy (non-hydrogen) atoms. The molecule has 0 spiro atoms. The van der Waals surface area contributed by atoms with Crippen LogP contribution in [0, 0.1) is 5.92 Å². The molecule has 0 bridgehead atoms. The number of rotatable bonds is 2. The second-order valence-corrected chi connectivity index (χ2v) is 8.73. The van der Waals surface area contributed by atoms with E-state index in [-0.39, 0.29) is 23.4 Å². The summed E-state index contributed by atoms with van der Waals surface area (Å²) in [5.74, 6) is -0.693. The van der Waals surface area contributed by atoms with Crippen molar-refractivity contribution in [2.45, 2.75) is 24.7 Å². The van der Waals surface area contributed by atoms with Gasteiger partial charge in [-0.05, 0) is 46.2 Å². The van der Waals surface area contributed by atoms with Gasteiger partial charge in [0.2, 0.25) is 0 Å². The van der Waals surface area contributed by atoms with E-state index in [0.717, 1.165) is 18.4 Å². The fourth-order valence-electron chi connectivity index (χ4n) is 5.71. The van der Waals surface area contributed by atoms with E-state index in [1.807, 2.05) is 18.2 Å². The van der Waals surface area contributed by atoms with Crippen molar-refractivity contribution in [2.75, 3.05) is 0 Å². The molecule has 2 heteroatoms. The van der Waals surface area contributed by atoms with Gasteiger partial charge in [0.05, 0.1) is 5.92 Å². The van der Waals surface area contributed by atoms with Crippen LogP contribution >= 0.6 is 0 Å². The Bertz CT molecular complexity index is 1310. The van der Waals surface area contributed by atoms with Gasteiger partial charge < -0.3 is 0 Å². The van der Waals surface area contributed by atoms with Crippen molar-refractivity contribution >= 4 is 22.3 Å². The highest BCUT2D eigenvalue weighted by molar-refractivity contribution is 6.27. The molecule has 2 aliphatic carbocycles. The average Bonchev–Trinajstić information content (AvgIpc) is 3.08. The predicted molar refractivity (Wildman–Crippen MR) is 123 cm³/mol. The Labute approximate surface area is 181 Å². The fraction of sp³-hybridized carbons (Fsp3) is 0.172. The number of benzene rings is 4. The number of aryl methyl sites for hydroxylation is 1. The summed E-state index contributed by atoms with van der Waals surface area (Å²) in [7, 11) is 0. The lowest BCUT2D eigenvalue weighted by atomic mass is 9.65. The Morgan fingerprint density at radius 1 is 0.645 bits per heavy atom. The first-order chi connectivity index (χ1) is 15.2. The molecule has 0 N–H and O–H groups in total. The van der Waals surface area contributed by atoms with Crippen molar-refractivity contribution in [1.82, 2.24) is 0 Å². The minimum atomic E-state index is -0.643. The standard InChI is InChI=1S/C29H22O2/c30-28-24-11-5-6-12-25(24)29(31)27(28)26-22-10-4-3-8-19(22)15-16-23(26)21-14-13-18-7-1-2-9-20(18)17-21/h1-14,17,23,26-27H,15-16H2/t23-,26-/m0/s1. The Morgan fingerprint density at radius 3 is 2.06 bits per heavy atom. The molecule has 0 heterocycles. The van der Waals surface area contributed by atoms with Crippen LogP contribution in [0.3, 0.4) is 0 Å². The number of fused-ring (bicyclic) bond motifs is 3. The van der Waals surface area contributed by atoms with Crippen LogP contribution in [0.4, 0.5) is 0 Å². The van der Waals surface area contributed by atoms with Gasteiger partial charge in [0.25, 0.3) is 0 Å². The van der Waals surface area contributed by atoms with Crippen LogP contribution in [-0.2, 0) is 6.42 Å². The minimum Gasteiger partial charge on any atom is -0.293 e. The van der Waals surface area contributed by atoms with Crippen molar-refractivity contribution in [1.29, 1.82) is 0 Å². The largest absolute Gasteiger partial charge is 0.293 e. The molecule has 6 rings (SSSR count). The maximum Gasteiger partial charge on any atom is 0.175 e. The van der Waals surface area contributed by atoms with Crippen molar-refractivity contribution in [2.24, 2.45) is 5.92 Å². The van der Waals surface area contributed by atoms with Crippen molar-refractivity contribution in [3.05, 3.63) is 119 Å². The Hall–Kier alpha value is -3.52. The van der Waals surface area contributed by atoms with Gasteiger partial charge in [0.1, 0.15) is 0 Å². The smallest absolute Gasteiger partial charge is 0.175 e. The number of carbonyl (C=O) groups is 2. The van der Waals surface area contributed by atoms with Gasteiger partial charge in [-0.25, -0.2) is 0 Å². The van der Waals surface area contributed by atoms with Crippen molar-refractivity contribution < 1.29 is 9.59 Å². The highest BCUT2D eigenvalue weighted by Gasteiger charge is 2.48. The third-order valence-electron chi connectivity index (χ3n) is 7.16. The first kappa shape index (κ1) is 18.3. The molecule has 0 saturated heterocycles. The molecule has 2 aliphatic rings. The third-order valence-corrected chi connectivity index (χ3v) is 7.16. The molecule has 0 aliphatic heterocycles. The molecule has 2 atom stereocenters. The van der Waals surface area contributed by atoms with Crippen LogP contribution in [0.25, 0.3) is 10.8 Å². The highest BCUT2D eigenvalue weighted by Crippen LogP contribution is 2.50. The van der Waals surface area contributed by atoms with Gasteiger partial charge in [-0.15, -0.1) is 0 Å². The molecule has 0 unspecified atom stereocenters. The van der Waals surface area contributed by atoms with Crippen LogP contribution in [0.15, 0.2) is 91.0 Å². The summed E-state index contributed by atoms with van der Waals surface area (Å²) in [5, 5.41) is 2.41. The van der Waals surface area contributed by atoms with E-state index in [4.69, 9.17) is 0 Å². The monoisotopic (exact) mass is 402 g/mol. The summed E-state index contributed by atoms with van der Waals surface area (Å²) < 4.78 is 0. The van der Waals surface area contributed by atoms with E-state index in [2.05, 4.69) is 60.7 Å². The molecule has 150 valence electrons. The van der Waals surface area contributed by atoms with E-state index in [9.17, 15) is 9.59 Å². The molecule has 4 aromatic carbocycles. The maximum atomic E-state index is 13.5. The lowest BCUT2D eigenvalue weighted by molar-refractivity contribution is 0.0800. The number of hydrogen-bond acceptors (Lipinski definition) is 2. The van der Waals surface area contributed by atoms with Gasteiger partial charge in [0, 0.05) is 17.0 Å². The van der Waals surface area contributed by atoms with E-state index in [1.54, 1.807) is 12.1 Å². The van der Waals surface area contributed by atoms with Gasteiger partial charge in [0.15, 0.2) is 11.6 Å². The zero-order valence-corrected chi connectivity index (χ0v) is 17.1. The molecule has 0 aromatic heterocycles. The molecule has 2 nitrogen and oxygen atoms in total. The molecule has 0 amide bonds. The van der Waals surface area contributed by atoms with Crippen molar-refractivity contribution in [3.63, 3.8) is 0 Å². The zero-order chi connectivity index (χ0) is 20.9. The lowest BCUT2D eigenvalue weighted by Crippen LogP contribution is -2.32. The maximum absolute atomic E-state index is 13.5. The number of Topliss-reactive ketones (excluding diaryl/α,β-unsaturated/α-hetero) is 2. The Morgan fingerprint density at radius 2 is 1.29 bits per heavy atom. The quantitative estimate of drug-likeness (QED) is 0.366. The molecule has 4 aromatic rings. The van der Waals surface area contributed by atoms with Crippen LogP contribution < -0.4 is 0 Å². The van der Waals surface area contributed by atoms with E-state index >= 15 is 0 Å². The van der Waals surface area contributed by atoms with Gasteiger partial charge in [-0.3, -0.25) is 9.59 Å².